The van der Waals surface area contributed by atoms with Gasteiger partial charge in [-0.3, -0.25) is 4.57 Å². The third-order valence-electron chi connectivity index (χ3n) is 2.50. The lowest BCUT2D eigenvalue weighted by molar-refractivity contribution is 0.704. The van der Waals surface area contributed by atoms with E-state index in [1.54, 1.807) is 15.9 Å². The van der Waals surface area contributed by atoms with E-state index in [4.69, 9.17) is 0 Å². The molecule has 0 bridgehead atoms. The van der Waals surface area contributed by atoms with Crippen molar-refractivity contribution in [1.82, 2.24) is 9.55 Å². The molecule has 0 atom stereocenters. The van der Waals surface area contributed by atoms with E-state index in [1.807, 2.05) is 5.38 Å². The number of hydrogen-bond donors (Lipinski definition) is 0. The molecule has 0 aliphatic carbocycles. The van der Waals surface area contributed by atoms with Crippen molar-refractivity contribution in [3.05, 3.63) is 27.6 Å². The van der Waals surface area contributed by atoms with E-state index < -0.39 is 0 Å². The van der Waals surface area contributed by atoms with Crippen molar-refractivity contribution >= 4 is 21.6 Å². The average molecular weight is 192 g/mol. The molecule has 1 aliphatic heterocycles. The van der Waals surface area contributed by atoms with Gasteiger partial charge in [0, 0.05) is 17.6 Å². The molecule has 66 valence electrons. The van der Waals surface area contributed by atoms with Crippen LogP contribution >= 0.6 is 11.3 Å². The Balaban J connectivity index is 2.55. The summed E-state index contributed by atoms with van der Waals surface area (Å²) in [6.07, 6.45) is 2.09. The third-order valence-corrected chi connectivity index (χ3v) is 3.31. The van der Waals surface area contributed by atoms with Crippen molar-refractivity contribution < 1.29 is 0 Å². The molecule has 3 nitrogen and oxygen atoms in total. The molecule has 0 radical (unpaired) electrons. The van der Waals surface area contributed by atoms with E-state index in [-0.39, 0.29) is 5.69 Å². The van der Waals surface area contributed by atoms with Gasteiger partial charge in [0.1, 0.15) is 4.83 Å². The van der Waals surface area contributed by atoms with Crippen LogP contribution in [0.5, 0.6) is 0 Å². The van der Waals surface area contributed by atoms with Gasteiger partial charge < -0.3 is 0 Å². The molecule has 0 saturated carbocycles. The molecule has 1 aliphatic rings. The van der Waals surface area contributed by atoms with Gasteiger partial charge in [0.05, 0.1) is 0 Å². The fourth-order valence-electron chi connectivity index (χ4n) is 1.92. The molecule has 0 fully saturated rings. The topological polar surface area (TPSA) is 34.9 Å². The van der Waals surface area contributed by atoms with E-state index >= 15 is 0 Å². The predicted octanol–water partition coefficient (Wildman–Crippen LogP) is 1.40. The van der Waals surface area contributed by atoms with Crippen molar-refractivity contribution in [2.75, 3.05) is 0 Å². The summed E-state index contributed by atoms with van der Waals surface area (Å²) in [5, 5.41) is 3.16. The van der Waals surface area contributed by atoms with Gasteiger partial charge in [0.15, 0.2) is 0 Å². The van der Waals surface area contributed by atoms with Gasteiger partial charge in [-0.05, 0) is 24.3 Å². The van der Waals surface area contributed by atoms with Gasteiger partial charge in [-0.2, -0.15) is 4.98 Å². The summed E-state index contributed by atoms with van der Waals surface area (Å²) in [5.74, 6) is 0. The van der Waals surface area contributed by atoms with Gasteiger partial charge in [-0.1, -0.05) is 0 Å². The summed E-state index contributed by atoms with van der Waals surface area (Å²) >= 11 is 1.54. The Bertz CT molecular complexity index is 526. The van der Waals surface area contributed by atoms with Crippen molar-refractivity contribution in [3.63, 3.8) is 0 Å². The van der Waals surface area contributed by atoms with Crippen LogP contribution in [-0.4, -0.2) is 9.55 Å². The normalized spacial score (nSPS) is 15.1. The average Bonchev–Trinajstić information content (AvgIpc) is 2.66. The summed E-state index contributed by atoms with van der Waals surface area (Å²) in [7, 11) is 0. The highest BCUT2D eigenvalue weighted by Crippen LogP contribution is 2.24. The number of thiophene rings is 1. The highest BCUT2D eigenvalue weighted by atomic mass is 32.1. The Morgan fingerprint density at radius 2 is 2.46 bits per heavy atom. The Kier molecular flexibility index (Phi) is 1.35. The van der Waals surface area contributed by atoms with Crippen LogP contribution in [0.2, 0.25) is 0 Å². The summed E-state index contributed by atoms with van der Waals surface area (Å²) in [4.78, 5) is 16.4. The van der Waals surface area contributed by atoms with Crippen LogP contribution in [0.1, 0.15) is 12.1 Å². The lowest BCUT2D eigenvalue weighted by Crippen LogP contribution is -2.21. The molecule has 2 aromatic rings. The summed E-state index contributed by atoms with van der Waals surface area (Å²) < 4.78 is 1.80. The van der Waals surface area contributed by atoms with Crippen LogP contribution in [0.25, 0.3) is 10.2 Å². The molecule has 0 aromatic carbocycles. The zero-order valence-electron chi connectivity index (χ0n) is 6.99. The van der Waals surface area contributed by atoms with E-state index in [0.717, 1.165) is 24.2 Å². The Hall–Kier alpha value is -1.16. The monoisotopic (exact) mass is 192 g/mol. The minimum atomic E-state index is -0.0811. The molecule has 4 heteroatoms. The second-order valence-corrected chi connectivity index (χ2v) is 4.13. The summed E-state index contributed by atoms with van der Waals surface area (Å²) in [6, 6.07) is 2.06. The molecule has 13 heavy (non-hydrogen) atoms. The van der Waals surface area contributed by atoms with Crippen LogP contribution in [0.3, 0.4) is 0 Å². The number of aryl methyl sites for hydroxylation is 1. The molecule has 0 amide bonds. The summed E-state index contributed by atoms with van der Waals surface area (Å²) in [5.41, 5.74) is 1.10. The number of hydrogen-bond acceptors (Lipinski definition) is 3. The molecule has 0 saturated heterocycles. The second kappa shape index (κ2) is 2.42. The SMILES string of the molecule is O=c1nc2sccc2c2n1CCC2. The van der Waals surface area contributed by atoms with Gasteiger partial charge in [0.25, 0.3) is 0 Å². The van der Waals surface area contributed by atoms with Crippen LogP contribution < -0.4 is 5.69 Å². The van der Waals surface area contributed by atoms with Crippen molar-refractivity contribution in [2.24, 2.45) is 0 Å². The number of fused-ring (bicyclic) bond motifs is 3. The molecule has 3 rings (SSSR count). The van der Waals surface area contributed by atoms with Crippen LogP contribution in [0.4, 0.5) is 0 Å². The van der Waals surface area contributed by atoms with Gasteiger partial charge >= 0.3 is 5.69 Å². The molecular weight excluding hydrogens is 184 g/mol. The lowest BCUT2D eigenvalue weighted by Gasteiger charge is -2.01. The molecule has 0 unspecified atom stereocenters. The van der Waals surface area contributed by atoms with E-state index in [1.165, 1.54) is 11.1 Å². The van der Waals surface area contributed by atoms with Crippen molar-refractivity contribution in [2.45, 2.75) is 19.4 Å². The molecule has 2 aromatic heterocycles. The first kappa shape index (κ1) is 7.26. The lowest BCUT2D eigenvalue weighted by atomic mass is 10.2. The van der Waals surface area contributed by atoms with Gasteiger partial charge in [-0.15, -0.1) is 11.3 Å². The zero-order valence-corrected chi connectivity index (χ0v) is 7.80. The smallest absolute Gasteiger partial charge is 0.296 e. The first-order valence-corrected chi connectivity index (χ1v) is 5.21. The van der Waals surface area contributed by atoms with E-state index in [2.05, 4.69) is 11.1 Å². The largest absolute Gasteiger partial charge is 0.349 e. The standard InChI is InChI=1S/C9H8N2OS/c12-9-10-8-6(3-5-13-8)7-2-1-4-11(7)9/h3,5H,1-2,4H2. The Labute approximate surface area is 78.7 Å². The quantitative estimate of drug-likeness (QED) is 0.632. The van der Waals surface area contributed by atoms with E-state index in [9.17, 15) is 4.79 Å². The van der Waals surface area contributed by atoms with Crippen molar-refractivity contribution in [3.8, 4) is 0 Å². The predicted molar refractivity (Wildman–Crippen MR) is 52.2 cm³/mol. The van der Waals surface area contributed by atoms with Crippen LogP contribution in [-0.2, 0) is 13.0 Å². The first-order chi connectivity index (χ1) is 6.36. The second-order valence-electron chi connectivity index (χ2n) is 3.24. The maximum absolute atomic E-state index is 11.5. The van der Waals surface area contributed by atoms with Gasteiger partial charge in [0.2, 0.25) is 0 Å². The molecule has 0 spiro atoms. The van der Waals surface area contributed by atoms with E-state index in [0.29, 0.717) is 0 Å². The minimum Gasteiger partial charge on any atom is -0.296 e. The third kappa shape index (κ3) is 0.891. The number of nitrogens with zero attached hydrogens (tertiary/aromatic N) is 2. The highest BCUT2D eigenvalue weighted by Gasteiger charge is 2.16. The number of aromatic nitrogens is 2. The van der Waals surface area contributed by atoms with Gasteiger partial charge in [-0.25, -0.2) is 4.79 Å². The fraction of sp³-hybridized carbons (Fsp3) is 0.333. The van der Waals surface area contributed by atoms with Crippen molar-refractivity contribution in [1.29, 1.82) is 0 Å². The Morgan fingerprint density at radius 3 is 3.38 bits per heavy atom. The highest BCUT2D eigenvalue weighted by molar-refractivity contribution is 7.16. The molecular formula is C9H8N2OS. The number of rotatable bonds is 0. The molecule has 0 N–H and O–H groups in total. The molecule has 3 heterocycles. The maximum atomic E-state index is 11.5. The maximum Gasteiger partial charge on any atom is 0.349 e. The van der Waals surface area contributed by atoms with Crippen LogP contribution in [0.15, 0.2) is 16.2 Å². The fourth-order valence-corrected chi connectivity index (χ4v) is 2.70. The van der Waals surface area contributed by atoms with Crippen LogP contribution in [0, 0.1) is 0 Å². The zero-order chi connectivity index (χ0) is 8.84. The minimum absolute atomic E-state index is 0.0811. The first-order valence-electron chi connectivity index (χ1n) is 4.33. The summed E-state index contributed by atoms with van der Waals surface area (Å²) in [6.45, 7) is 0.840. The Morgan fingerprint density at radius 1 is 1.54 bits per heavy atom.